The first-order valence-corrected chi connectivity index (χ1v) is 11.1. The van der Waals surface area contributed by atoms with Crippen LogP contribution in [0.5, 0.6) is 0 Å². The van der Waals surface area contributed by atoms with Crippen molar-refractivity contribution in [1.29, 1.82) is 0 Å². The highest BCUT2D eigenvalue weighted by Gasteiger charge is 2.29. The maximum Gasteiger partial charge on any atom is 0.411 e. The summed E-state index contributed by atoms with van der Waals surface area (Å²) in [6.07, 6.45) is 0.0672. The van der Waals surface area contributed by atoms with Crippen LogP contribution in [0.1, 0.15) is 29.0 Å². The van der Waals surface area contributed by atoms with E-state index in [0.717, 1.165) is 16.7 Å². The number of aliphatic carboxylic acids is 1. The molecule has 4 rings (SSSR count). The maximum absolute atomic E-state index is 12.5. The number of carboxylic acids is 1. The summed E-state index contributed by atoms with van der Waals surface area (Å²) in [5.41, 5.74) is 6.06. The van der Waals surface area contributed by atoms with Crippen LogP contribution in [0.4, 0.5) is 10.5 Å². The second-order valence-corrected chi connectivity index (χ2v) is 8.29. The smallest absolute Gasteiger partial charge is 0.411 e. The van der Waals surface area contributed by atoms with Gasteiger partial charge in [0.1, 0.15) is 13.2 Å². The molecule has 3 aromatic carbocycles. The SMILES string of the molecule is CN(CC(=O)O)C(=O)CCc1cccc(NC(=O)OCC2c3ccccc3-c3ccccc32)c1. The number of carbonyl (C=O) groups is 3. The summed E-state index contributed by atoms with van der Waals surface area (Å²) in [6.45, 7) is -0.105. The standard InChI is InChI=1S/C27H26N2O5/c1-29(16-26(31)32)25(30)14-13-18-7-6-8-19(15-18)28-27(33)34-17-24-22-11-4-2-9-20(22)21-10-3-5-12-23(21)24/h2-12,15,24H,13-14,16-17H2,1H3,(H,28,33)(H,31,32). The second-order valence-electron chi connectivity index (χ2n) is 8.29. The third-order valence-corrected chi connectivity index (χ3v) is 5.94. The number of amides is 2. The number of ether oxygens (including phenoxy) is 1. The van der Waals surface area contributed by atoms with E-state index in [-0.39, 0.29) is 31.4 Å². The van der Waals surface area contributed by atoms with E-state index in [2.05, 4.69) is 29.6 Å². The van der Waals surface area contributed by atoms with Crippen LogP contribution in [0.25, 0.3) is 11.1 Å². The van der Waals surface area contributed by atoms with E-state index in [4.69, 9.17) is 9.84 Å². The summed E-state index contributed by atoms with van der Waals surface area (Å²) in [6, 6.07) is 23.5. The van der Waals surface area contributed by atoms with Gasteiger partial charge in [-0.2, -0.15) is 0 Å². The van der Waals surface area contributed by atoms with Gasteiger partial charge in [0, 0.05) is 25.1 Å². The fourth-order valence-corrected chi connectivity index (χ4v) is 4.29. The van der Waals surface area contributed by atoms with Gasteiger partial charge >= 0.3 is 12.1 Å². The average Bonchev–Trinajstić information content (AvgIpc) is 3.15. The van der Waals surface area contributed by atoms with Crippen molar-refractivity contribution < 1.29 is 24.2 Å². The molecule has 0 fully saturated rings. The number of anilines is 1. The number of nitrogens with zero attached hydrogens (tertiary/aromatic N) is 1. The summed E-state index contributed by atoms with van der Waals surface area (Å²) in [7, 11) is 1.46. The lowest BCUT2D eigenvalue weighted by atomic mass is 9.98. The van der Waals surface area contributed by atoms with Gasteiger partial charge in [-0.1, -0.05) is 60.7 Å². The minimum absolute atomic E-state index is 0.0155. The minimum Gasteiger partial charge on any atom is -0.480 e. The summed E-state index contributed by atoms with van der Waals surface area (Å²) >= 11 is 0. The van der Waals surface area contributed by atoms with Crippen molar-refractivity contribution in [2.75, 3.05) is 25.5 Å². The van der Waals surface area contributed by atoms with Gasteiger partial charge in [-0.15, -0.1) is 0 Å². The Bertz CT molecular complexity index is 1180. The van der Waals surface area contributed by atoms with Gasteiger partial charge in [-0.25, -0.2) is 4.79 Å². The first-order valence-electron chi connectivity index (χ1n) is 11.1. The van der Waals surface area contributed by atoms with E-state index >= 15 is 0 Å². The number of fused-ring (bicyclic) bond motifs is 3. The molecule has 7 nitrogen and oxygen atoms in total. The molecule has 2 N–H and O–H groups in total. The van der Waals surface area contributed by atoms with E-state index in [1.807, 2.05) is 30.3 Å². The van der Waals surface area contributed by atoms with Crippen molar-refractivity contribution in [3.05, 3.63) is 89.5 Å². The molecule has 174 valence electrons. The molecule has 0 bridgehead atoms. The number of hydrogen-bond acceptors (Lipinski definition) is 4. The van der Waals surface area contributed by atoms with Gasteiger partial charge in [-0.05, 0) is 46.4 Å². The summed E-state index contributed by atoms with van der Waals surface area (Å²) < 4.78 is 5.58. The van der Waals surface area contributed by atoms with E-state index in [9.17, 15) is 14.4 Å². The van der Waals surface area contributed by atoms with Crippen LogP contribution >= 0.6 is 0 Å². The molecule has 1 aliphatic rings. The third-order valence-electron chi connectivity index (χ3n) is 5.94. The van der Waals surface area contributed by atoms with Crippen molar-refractivity contribution in [3.8, 4) is 11.1 Å². The third kappa shape index (κ3) is 5.26. The quantitative estimate of drug-likeness (QED) is 0.517. The van der Waals surface area contributed by atoms with Crippen LogP contribution in [0.3, 0.4) is 0 Å². The molecule has 3 aromatic rings. The molecule has 2 amide bonds. The topological polar surface area (TPSA) is 95.9 Å². The summed E-state index contributed by atoms with van der Waals surface area (Å²) in [5.74, 6) is -1.32. The number of carbonyl (C=O) groups excluding carboxylic acids is 2. The molecule has 0 saturated heterocycles. The first-order chi connectivity index (χ1) is 16.4. The van der Waals surface area contributed by atoms with Crippen molar-refractivity contribution in [2.45, 2.75) is 18.8 Å². The van der Waals surface area contributed by atoms with Crippen molar-refractivity contribution >= 4 is 23.7 Å². The van der Waals surface area contributed by atoms with E-state index in [1.54, 1.807) is 18.2 Å². The Kier molecular flexibility index (Phi) is 6.92. The lowest BCUT2D eigenvalue weighted by molar-refractivity contribution is -0.143. The summed E-state index contributed by atoms with van der Waals surface area (Å²) in [5, 5.41) is 11.6. The number of nitrogens with one attached hydrogen (secondary N) is 1. The molecule has 0 atom stereocenters. The Morgan fingerprint density at radius 2 is 1.59 bits per heavy atom. The number of rotatable bonds is 8. The van der Waals surface area contributed by atoms with E-state index in [1.165, 1.54) is 23.1 Å². The lowest BCUT2D eigenvalue weighted by Crippen LogP contribution is -2.32. The average molecular weight is 459 g/mol. The number of benzene rings is 3. The van der Waals surface area contributed by atoms with Gasteiger partial charge in [0.2, 0.25) is 5.91 Å². The number of carboxylic acid groups (broad SMARTS) is 1. The summed E-state index contributed by atoms with van der Waals surface area (Å²) in [4.78, 5) is 36.5. The van der Waals surface area contributed by atoms with Gasteiger partial charge in [0.15, 0.2) is 0 Å². The van der Waals surface area contributed by atoms with Crippen LogP contribution in [-0.2, 0) is 20.7 Å². The molecule has 0 aliphatic heterocycles. The Morgan fingerprint density at radius 1 is 0.941 bits per heavy atom. The molecule has 0 heterocycles. The molecular weight excluding hydrogens is 432 g/mol. The Balaban J connectivity index is 1.34. The Hall–Kier alpha value is -4.13. The monoisotopic (exact) mass is 458 g/mol. The Labute approximate surface area is 198 Å². The van der Waals surface area contributed by atoms with Crippen LogP contribution < -0.4 is 5.32 Å². The molecular formula is C27H26N2O5. The normalized spacial score (nSPS) is 11.9. The minimum atomic E-state index is -1.05. The zero-order chi connectivity index (χ0) is 24.1. The first kappa shape index (κ1) is 23.0. The molecule has 0 radical (unpaired) electrons. The van der Waals surface area contributed by atoms with Crippen molar-refractivity contribution in [2.24, 2.45) is 0 Å². The van der Waals surface area contributed by atoms with Crippen molar-refractivity contribution in [3.63, 3.8) is 0 Å². The van der Waals surface area contributed by atoms with Crippen molar-refractivity contribution in [1.82, 2.24) is 4.90 Å². The van der Waals surface area contributed by atoms with E-state index < -0.39 is 12.1 Å². The predicted octanol–water partition coefficient (Wildman–Crippen LogP) is 4.52. The zero-order valence-corrected chi connectivity index (χ0v) is 18.9. The van der Waals surface area contributed by atoms with Crippen LogP contribution in [0, 0.1) is 0 Å². The number of hydrogen-bond donors (Lipinski definition) is 2. The highest BCUT2D eigenvalue weighted by atomic mass is 16.5. The highest BCUT2D eigenvalue weighted by molar-refractivity contribution is 5.85. The Morgan fingerprint density at radius 3 is 2.24 bits per heavy atom. The van der Waals surface area contributed by atoms with Crippen LogP contribution in [-0.4, -0.2) is 48.2 Å². The van der Waals surface area contributed by atoms with Crippen LogP contribution in [0.15, 0.2) is 72.8 Å². The molecule has 7 heteroatoms. The van der Waals surface area contributed by atoms with E-state index in [0.29, 0.717) is 12.1 Å². The molecule has 0 unspecified atom stereocenters. The fraction of sp³-hybridized carbons (Fsp3) is 0.222. The lowest BCUT2D eigenvalue weighted by Gasteiger charge is -2.15. The molecule has 1 aliphatic carbocycles. The second kappa shape index (κ2) is 10.2. The fourth-order valence-electron chi connectivity index (χ4n) is 4.29. The van der Waals surface area contributed by atoms with Gasteiger partial charge in [0.25, 0.3) is 0 Å². The van der Waals surface area contributed by atoms with Gasteiger partial charge < -0.3 is 14.7 Å². The van der Waals surface area contributed by atoms with Crippen LogP contribution in [0.2, 0.25) is 0 Å². The van der Waals surface area contributed by atoms with Gasteiger partial charge in [-0.3, -0.25) is 14.9 Å². The number of aryl methyl sites for hydroxylation is 1. The molecule has 0 saturated carbocycles. The molecule has 0 spiro atoms. The number of likely N-dealkylation sites (N-methyl/N-ethyl adjacent to an activating group) is 1. The highest BCUT2D eigenvalue weighted by Crippen LogP contribution is 2.44. The zero-order valence-electron chi connectivity index (χ0n) is 18.9. The maximum atomic E-state index is 12.5. The van der Waals surface area contributed by atoms with Gasteiger partial charge in [0.05, 0.1) is 0 Å². The molecule has 34 heavy (non-hydrogen) atoms. The predicted molar refractivity (Wildman–Crippen MR) is 129 cm³/mol. The largest absolute Gasteiger partial charge is 0.480 e. The molecule has 0 aromatic heterocycles.